The minimum absolute atomic E-state index is 0.270. The molecule has 21 heavy (non-hydrogen) atoms. The van der Waals surface area contributed by atoms with Gasteiger partial charge in [-0.25, -0.2) is 0 Å². The SMILES string of the molecule is N#C[C@@H]1[C@@H](O)Cc2ccccc2N1C(=O)c1ccccc1. The van der Waals surface area contributed by atoms with Gasteiger partial charge < -0.3 is 5.11 Å². The van der Waals surface area contributed by atoms with Gasteiger partial charge in [-0.05, 0) is 23.8 Å². The molecule has 1 aliphatic heterocycles. The van der Waals surface area contributed by atoms with Crippen molar-refractivity contribution in [3.63, 3.8) is 0 Å². The van der Waals surface area contributed by atoms with Crippen molar-refractivity contribution in [2.24, 2.45) is 0 Å². The first kappa shape index (κ1) is 13.3. The summed E-state index contributed by atoms with van der Waals surface area (Å²) in [4.78, 5) is 14.1. The second-order valence-corrected chi connectivity index (χ2v) is 5.02. The summed E-state index contributed by atoms with van der Waals surface area (Å²) in [5.41, 5.74) is 2.07. The highest BCUT2D eigenvalue weighted by Crippen LogP contribution is 2.31. The lowest BCUT2D eigenvalue weighted by Gasteiger charge is -2.36. The number of nitriles is 1. The maximum absolute atomic E-state index is 12.7. The fraction of sp³-hybridized carbons (Fsp3) is 0.176. The molecule has 0 spiro atoms. The van der Waals surface area contributed by atoms with Crippen LogP contribution >= 0.6 is 0 Å². The number of hydrogen-bond acceptors (Lipinski definition) is 3. The van der Waals surface area contributed by atoms with E-state index in [0.717, 1.165) is 5.56 Å². The van der Waals surface area contributed by atoms with Crippen molar-refractivity contribution in [1.82, 2.24) is 0 Å². The molecule has 0 bridgehead atoms. The Labute approximate surface area is 122 Å². The predicted octanol–water partition coefficient (Wildman–Crippen LogP) is 2.14. The van der Waals surface area contributed by atoms with Gasteiger partial charge in [0, 0.05) is 17.7 Å². The second kappa shape index (κ2) is 5.39. The minimum atomic E-state index is -0.877. The number of benzene rings is 2. The quantitative estimate of drug-likeness (QED) is 0.869. The predicted molar refractivity (Wildman–Crippen MR) is 78.8 cm³/mol. The molecule has 4 nitrogen and oxygen atoms in total. The molecule has 1 heterocycles. The van der Waals surface area contributed by atoms with Gasteiger partial charge in [0.25, 0.3) is 5.91 Å². The molecule has 0 aliphatic carbocycles. The lowest BCUT2D eigenvalue weighted by atomic mass is 9.93. The summed E-state index contributed by atoms with van der Waals surface area (Å²) >= 11 is 0. The van der Waals surface area contributed by atoms with E-state index in [1.165, 1.54) is 4.90 Å². The highest BCUT2D eigenvalue weighted by Gasteiger charge is 2.37. The Balaban J connectivity index is 2.10. The van der Waals surface area contributed by atoms with Crippen LogP contribution in [-0.4, -0.2) is 23.2 Å². The summed E-state index contributed by atoms with van der Waals surface area (Å²) in [6.45, 7) is 0. The molecule has 1 amide bonds. The van der Waals surface area contributed by atoms with Crippen molar-refractivity contribution in [2.45, 2.75) is 18.6 Å². The van der Waals surface area contributed by atoms with Crippen molar-refractivity contribution in [1.29, 1.82) is 5.26 Å². The average molecular weight is 278 g/mol. The van der Waals surface area contributed by atoms with Gasteiger partial charge in [0.15, 0.2) is 6.04 Å². The van der Waals surface area contributed by atoms with E-state index >= 15 is 0 Å². The van der Waals surface area contributed by atoms with Gasteiger partial charge in [0.1, 0.15) is 0 Å². The number of rotatable bonds is 1. The number of aliphatic hydroxyl groups excluding tert-OH is 1. The van der Waals surface area contributed by atoms with E-state index in [-0.39, 0.29) is 5.91 Å². The van der Waals surface area contributed by atoms with Gasteiger partial charge >= 0.3 is 0 Å². The Morgan fingerprint density at radius 2 is 1.81 bits per heavy atom. The highest BCUT2D eigenvalue weighted by atomic mass is 16.3. The summed E-state index contributed by atoms with van der Waals surface area (Å²) in [5.74, 6) is -0.270. The summed E-state index contributed by atoms with van der Waals surface area (Å²) in [5, 5.41) is 19.5. The summed E-state index contributed by atoms with van der Waals surface area (Å²) in [6, 6.07) is 17.4. The zero-order valence-corrected chi connectivity index (χ0v) is 11.3. The van der Waals surface area contributed by atoms with Crippen LogP contribution in [0.3, 0.4) is 0 Å². The van der Waals surface area contributed by atoms with Crippen LogP contribution in [0.25, 0.3) is 0 Å². The summed E-state index contributed by atoms with van der Waals surface area (Å²) in [6.07, 6.45) is -0.495. The number of carbonyl (C=O) groups excluding carboxylic acids is 1. The van der Waals surface area contributed by atoms with Gasteiger partial charge in [-0.1, -0.05) is 36.4 Å². The van der Waals surface area contributed by atoms with Gasteiger partial charge in [-0.2, -0.15) is 5.26 Å². The molecule has 0 saturated carbocycles. The van der Waals surface area contributed by atoms with E-state index in [0.29, 0.717) is 17.7 Å². The zero-order valence-electron chi connectivity index (χ0n) is 11.3. The van der Waals surface area contributed by atoms with E-state index < -0.39 is 12.1 Å². The number of anilines is 1. The molecule has 0 fully saturated rings. The van der Waals surface area contributed by atoms with Crippen LogP contribution in [-0.2, 0) is 6.42 Å². The standard InChI is InChI=1S/C17H14N2O2/c18-11-15-16(20)10-13-8-4-5-9-14(13)19(15)17(21)12-6-2-1-3-7-12/h1-9,15-16,20H,10H2/t15-,16+/m1/s1. The number of para-hydroxylation sites is 1. The monoisotopic (exact) mass is 278 g/mol. The molecule has 104 valence electrons. The minimum Gasteiger partial charge on any atom is -0.389 e. The van der Waals surface area contributed by atoms with Crippen LogP contribution in [0.1, 0.15) is 15.9 Å². The Morgan fingerprint density at radius 1 is 1.14 bits per heavy atom. The first-order valence-electron chi connectivity index (χ1n) is 6.76. The molecule has 2 aromatic carbocycles. The van der Waals surface area contributed by atoms with Crippen LogP contribution in [0.5, 0.6) is 0 Å². The maximum atomic E-state index is 12.7. The van der Waals surface area contributed by atoms with E-state index in [4.69, 9.17) is 0 Å². The maximum Gasteiger partial charge on any atom is 0.259 e. The smallest absolute Gasteiger partial charge is 0.259 e. The number of hydrogen-bond donors (Lipinski definition) is 1. The molecule has 4 heteroatoms. The third-order valence-electron chi connectivity index (χ3n) is 3.69. The Kier molecular flexibility index (Phi) is 3.43. The third-order valence-corrected chi connectivity index (χ3v) is 3.69. The first-order valence-corrected chi connectivity index (χ1v) is 6.76. The highest BCUT2D eigenvalue weighted by molar-refractivity contribution is 6.07. The van der Waals surface area contributed by atoms with Crippen LogP contribution in [0.15, 0.2) is 54.6 Å². The van der Waals surface area contributed by atoms with Crippen molar-refractivity contribution in [3.8, 4) is 6.07 Å². The Morgan fingerprint density at radius 3 is 2.52 bits per heavy atom. The lowest BCUT2D eigenvalue weighted by Crippen LogP contribution is -2.50. The van der Waals surface area contributed by atoms with Gasteiger partial charge in [0.2, 0.25) is 0 Å². The lowest BCUT2D eigenvalue weighted by molar-refractivity contribution is 0.0927. The number of nitrogens with zero attached hydrogens (tertiary/aromatic N) is 2. The molecule has 0 aromatic heterocycles. The van der Waals surface area contributed by atoms with E-state index in [1.807, 2.05) is 30.3 Å². The normalized spacial score (nSPS) is 20.5. The number of amides is 1. The van der Waals surface area contributed by atoms with E-state index in [9.17, 15) is 15.2 Å². The van der Waals surface area contributed by atoms with Crippen LogP contribution in [0, 0.1) is 11.3 Å². The van der Waals surface area contributed by atoms with Gasteiger partial charge in [-0.15, -0.1) is 0 Å². The fourth-order valence-electron chi connectivity index (χ4n) is 2.68. The molecule has 0 unspecified atom stereocenters. The molecule has 0 radical (unpaired) electrons. The molecule has 1 N–H and O–H groups in total. The zero-order chi connectivity index (χ0) is 14.8. The van der Waals surface area contributed by atoms with Crippen LogP contribution < -0.4 is 4.90 Å². The number of fused-ring (bicyclic) bond motifs is 1. The second-order valence-electron chi connectivity index (χ2n) is 5.02. The largest absolute Gasteiger partial charge is 0.389 e. The van der Waals surface area contributed by atoms with Gasteiger partial charge in [-0.3, -0.25) is 9.69 Å². The Hall–Kier alpha value is -2.64. The molecule has 3 rings (SSSR count). The summed E-state index contributed by atoms with van der Waals surface area (Å²) in [7, 11) is 0. The molecule has 1 aliphatic rings. The molecule has 2 atom stereocenters. The first-order chi connectivity index (χ1) is 10.2. The third kappa shape index (κ3) is 2.28. The van der Waals surface area contributed by atoms with Crippen LogP contribution in [0.2, 0.25) is 0 Å². The average Bonchev–Trinajstić information content (AvgIpc) is 2.53. The van der Waals surface area contributed by atoms with Crippen molar-refractivity contribution >= 4 is 11.6 Å². The van der Waals surface area contributed by atoms with Crippen molar-refractivity contribution in [3.05, 3.63) is 65.7 Å². The molecule has 0 saturated heterocycles. The molecular weight excluding hydrogens is 264 g/mol. The van der Waals surface area contributed by atoms with E-state index in [2.05, 4.69) is 6.07 Å². The number of carbonyl (C=O) groups is 1. The topological polar surface area (TPSA) is 64.3 Å². The summed E-state index contributed by atoms with van der Waals surface area (Å²) < 4.78 is 0. The van der Waals surface area contributed by atoms with Crippen molar-refractivity contribution < 1.29 is 9.90 Å². The van der Waals surface area contributed by atoms with Gasteiger partial charge in [0.05, 0.1) is 12.2 Å². The molecular formula is C17H14N2O2. The fourth-order valence-corrected chi connectivity index (χ4v) is 2.68. The van der Waals surface area contributed by atoms with Crippen molar-refractivity contribution in [2.75, 3.05) is 4.90 Å². The molecule has 2 aromatic rings. The van der Waals surface area contributed by atoms with Crippen LogP contribution in [0.4, 0.5) is 5.69 Å². The number of aliphatic hydroxyl groups is 1. The Bertz CT molecular complexity index is 706. The van der Waals surface area contributed by atoms with E-state index in [1.54, 1.807) is 24.3 Å².